The number of carbonyl (C=O) groups is 2. The van der Waals surface area contributed by atoms with Gasteiger partial charge in [-0.25, -0.2) is 18.6 Å². The summed E-state index contributed by atoms with van der Waals surface area (Å²) in [6.45, 7) is 6.03. The van der Waals surface area contributed by atoms with Crippen LogP contribution >= 0.6 is 0 Å². The number of nitrogens with zero attached hydrogens (tertiary/aromatic N) is 4. The molecule has 0 bridgehead atoms. The van der Waals surface area contributed by atoms with Crippen molar-refractivity contribution in [1.82, 2.24) is 14.8 Å². The summed E-state index contributed by atoms with van der Waals surface area (Å²) in [5.41, 5.74) is 2.26. The molecule has 0 radical (unpaired) electrons. The number of amidine groups is 1. The molecule has 1 saturated heterocycles. The molecule has 1 atom stereocenters. The second-order valence-corrected chi connectivity index (χ2v) is 9.87. The molecular formula is C29H34F2N4O3. The number of rotatable bonds is 9. The molecule has 3 heterocycles. The smallest absolute Gasteiger partial charge is 0.338 e. The second kappa shape index (κ2) is 12.4. The van der Waals surface area contributed by atoms with Crippen LogP contribution in [0.15, 0.2) is 58.9 Å². The van der Waals surface area contributed by atoms with Gasteiger partial charge in [-0.3, -0.25) is 14.7 Å². The number of pyridine rings is 1. The normalized spacial score (nSPS) is 18.9. The molecule has 0 amide bonds. The third-order valence-electron chi connectivity index (χ3n) is 7.33. The van der Waals surface area contributed by atoms with Gasteiger partial charge < -0.3 is 9.64 Å². The zero-order valence-electron chi connectivity index (χ0n) is 22.1. The number of methoxy groups -OCH3 is 1. The molecule has 2 aliphatic heterocycles. The number of hydrogen-bond acceptors (Lipinski definition) is 7. The van der Waals surface area contributed by atoms with E-state index >= 15 is 0 Å². The Hall–Kier alpha value is -3.46. The van der Waals surface area contributed by atoms with Crippen molar-refractivity contribution in [3.8, 4) is 0 Å². The van der Waals surface area contributed by atoms with E-state index in [4.69, 9.17) is 4.74 Å². The van der Waals surface area contributed by atoms with Gasteiger partial charge in [-0.2, -0.15) is 0 Å². The Morgan fingerprint density at radius 1 is 1.08 bits per heavy atom. The lowest BCUT2D eigenvalue weighted by Gasteiger charge is -2.38. The molecule has 0 aliphatic carbocycles. The SMILES string of the molecule is COC(=O)C1=C(C)N=C(C)N(CCCC(=O)CN2CCC(c3ccccn3)CC2)C1c1ccc(F)c(F)c1. The van der Waals surface area contributed by atoms with Crippen molar-refractivity contribution < 1.29 is 23.1 Å². The molecule has 2 aromatic rings. The van der Waals surface area contributed by atoms with E-state index in [1.165, 1.54) is 13.2 Å². The predicted molar refractivity (Wildman–Crippen MR) is 141 cm³/mol. The number of esters is 1. The molecule has 38 heavy (non-hydrogen) atoms. The average Bonchev–Trinajstić information content (AvgIpc) is 2.91. The summed E-state index contributed by atoms with van der Waals surface area (Å²) in [4.78, 5) is 38.5. The van der Waals surface area contributed by atoms with Gasteiger partial charge in [0, 0.05) is 30.8 Å². The molecule has 202 valence electrons. The van der Waals surface area contributed by atoms with Crippen molar-refractivity contribution in [3.63, 3.8) is 0 Å². The Morgan fingerprint density at radius 3 is 2.50 bits per heavy atom. The summed E-state index contributed by atoms with van der Waals surface area (Å²) in [7, 11) is 1.28. The number of Topliss-reactive ketones (excluding diaryl/α,β-unsaturated/α-hetero) is 1. The van der Waals surface area contributed by atoms with Gasteiger partial charge in [0.1, 0.15) is 11.6 Å². The topological polar surface area (TPSA) is 75.1 Å². The fraction of sp³-hybridized carbons (Fsp3) is 0.448. The highest BCUT2D eigenvalue weighted by Crippen LogP contribution is 2.36. The first-order chi connectivity index (χ1) is 18.3. The molecule has 9 heteroatoms. The predicted octanol–water partition coefficient (Wildman–Crippen LogP) is 4.81. The number of ether oxygens (including phenoxy) is 1. The van der Waals surface area contributed by atoms with Crippen LogP contribution in [0.2, 0.25) is 0 Å². The Kier molecular flexibility index (Phi) is 8.99. The van der Waals surface area contributed by atoms with Crippen LogP contribution in [0, 0.1) is 11.6 Å². The van der Waals surface area contributed by atoms with Crippen LogP contribution in [0.3, 0.4) is 0 Å². The first-order valence-electron chi connectivity index (χ1n) is 13.0. The molecule has 0 spiro atoms. The van der Waals surface area contributed by atoms with Crippen molar-refractivity contribution >= 4 is 17.6 Å². The molecule has 4 rings (SSSR count). The van der Waals surface area contributed by atoms with Crippen LogP contribution in [-0.4, -0.2) is 65.7 Å². The van der Waals surface area contributed by atoms with E-state index in [0.29, 0.717) is 48.9 Å². The van der Waals surface area contributed by atoms with E-state index in [9.17, 15) is 18.4 Å². The number of likely N-dealkylation sites (tertiary alicyclic amines) is 1. The quantitative estimate of drug-likeness (QED) is 0.439. The lowest BCUT2D eigenvalue weighted by molar-refractivity contribution is -0.137. The minimum Gasteiger partial charge on any atom is -0.466 e. The van der Waals surface area contributed by atoms with Gasteiger partial charge in [0.05, 0.1) is 31.0 Å². The Bertz CT molecular complexity index is 1220. The van der Waals surface area contributed by atoms with Crippen molar-refractivity contribution in [1.29, 1.82) is 0 Å². The van der Waals surface area contributed by atoms with Crippen LogP contribution < -0.4 is 0 Å². The zero-order chi connectivity index (χ0) is 27.2. The molecular weight excluding hydrogens is 490 g/mol. The van der Waals surface area contributed by atoms with Crippen molar-refractivity contribution in [2.75, 3.05) is 33.3 Å². The minimum atomic E-state index is -0.994. The number of aliphatic imine (C=N–C) groups is 1. The number of ketones is 1. The van der Waals surface area contributed by atoms with Gasteiger partial charge in [-0.15, -0.1) is 0 Å². The first-order valence-corrected chi connectivity index (χ1v) is 13.0. The standard InChI is InChI=1S/C29H34F2N4O3/c1-19-27(29(37)38-3)28(22-9-10-24(30)25(31)17-22)35(20(2)33-19)14-6-7-23(36)18-34-15-11-21(12-16-34)26-8-4-5-13-32-26/h4-5,8-10,13,17,21,28H,6-7,11-12,14-16,18H2,1-3H3. The van der Waals surface area contributed by atoms with Crippen molar-refractivity contribution in [2.45, 2.75) is 51.5 Å². The molecule has 0 N–H and O–H groups in total. The summed E-state index contributed by atoms with van der Waals surface area (Å²) >= 11 is 0. The third kappa shape index (κ3) is 6.32. The Balaban J connectivity index is 1.37. The third-order valence-corrected chi connectivity index (χ3v) is 7.33. The largest absolute Gasteiger partial charge is 0.466 e. The van der Waals surface area contributed by atoms with Crippen molar-refractivity contribution in [3.05, 3.63) is 76.8 Å². The maximum atomic E-state index is 14.2. The second-order valence-electron chi connectivity index (χ2n) is 9.87. The maximum absolute atomic E-state index is 14.2. The number of aromatic nitrogens is 1. The van der Waals surface area contributed by atoms with Crippen LogP contribution in [-0.2, 0) is 14.3 Å². The number of allylic oxidation sites excluding steroid dienone is 1. The molecule has 1 aromatic heterocycles. The van der Waals surface area contributed by atoms with Gasteiger partial charge in [0.25, 0.3) is 0 Å². The highest BCUT2D eigenvalue weighted by atomic mass is 19.2. The molecule has 2 aliphatic rings. The monoisotopic (exact) mass is 524 g/mol. The fourth-order valence-electron chi connectivity index (χ4n) is 5.38. The lowest BCUT2D eigenvalue weighted by Crippen LogP contribution is -2.40. The number of carbonyl (C=O) groups excluding carboxylic acids is 2. The molecule has 0 saturated carbocycles. The molecule has 1 fully saturated rings. The fourth-order valence-corrected chi connectivity index (χ4v) is 5.38. The van der Waals surface area contributed by atoms with Gasteiger partial charge in [-0.05, 0) is 76.0 Å². The van der Waals surface area contributed by atoms with Gasteiger partial charge in [0.15, 0.2) is 11.6 Å². The minimum absolute atomic E-state index is 0.150. The highest BCUT2D eigenvalue weighted by molar-refractivity contribution is 5.95. The van der Waals surface area contributed by atoms with E-state index in [1.54, 1.807) is 13.8 Å². The highest BCUT2D eigenvalue weighted by Gasteiger charge is 2.35. The van der Waals surface area contributed by atoms with Gasteiger partial charge in [0.2, 0.25) is 0 Å². The summed E-state index contributed by atoms with van der Waals surface area (Å²) in [6.07, 6.45) is 4.67. The van der Waals surface area contributed by atoms with Crippen molar-refractivity contribution in [2.24, 2.45) is 4.99 Å². The first kappa shape index (κ1) is 27.6. The number of halogens is 2. The van der Waals surface area contributed by atoms with E-state index in [-0.39, 0.29) is 11.4 Å². The Morgan fingerprint density at radius 2 is 1.84 bits per heavy atom. The molecule has 1 unspecified atom stereocenters. The van der Waals surface area contributed by atoms with Gasteiger partial charge in [-0.1, -0.05) is 12.1 Å². The lowest BCUT2D eigenvalue weighted by atomic mass is 9.92. The number of hydrogen-bond donors (Lipinski definition) is 0. The van der Waals surface area contributed by atoms with Crippen LogP contribution in [0.25, 0.3) is 0 Å². The van der Waals surface area contributed by atoms with Crippen LogP contribution in [0.5, 0.6) is 0 Å². The van der Waals surface area contributed by atoms with E-state index in [2.05, 4.69) is 20.9 Å². The van der Waals surface area contributed by atoms with Gasteiger partial charge >= 0.3 is 5.97 Å². The van der Waals surface area contributed by atoms with E-state index < -0.39 is 23.6 Å². The summed E-state index contributed by atoms with van der Waals surface area (Å²) in [5, 5.41) is 0. The Labute approximate surface area is 222 Å². The number of benzene rings is 1. The number of piperidine rings is 1. The maximum Gasteiger partial charge on any atom is 0.338 e. The molecule has 7 nitrogen and oxygen atoms in total. The summed E-state index contributed by atoms with van der Waals surface area (Å²) in [6, 6.07) is 8.90. The van der Waals surface area contributed by atoms with Crippen LogP contribution in [0.4, 0.5) is 8.78 Å². The van der Waals surface area contributed by atoms with Crippen LogP contribution in [0.1, 0.15) is 62.7 Å². The average molecular weight is 525 g/mol. The zero-order valence-corrected chi connectivity index (χ0v) is 22.1. The molecule has 1 aromatic carbocycles. The van der Waals surface area contributed by atoms with E-state index in [1.807, 2.05) is 23.2 Å². The summed E-state index contributed by atoms with van der Waals surface area (Å²) < 4.78 is 32.8. The van der Waals surface area contributed by atoms with E-state index in [0.717, 1.165) is 43.8 Å². The summed E-state index contributed by atoms with van der Waals surface area (Å²) in [5.74, 6) is -1.32.